The van der Waals surface area contributed by atoms with Gasteiger partial charge in [0.05, 0.1) is 24.4 Å². The highest BCUT2D eigenvalue weighted by atomic mass is 16.6. The number of hydrogen-bond acceptors (Lipinski definition) is 3. The van der Waals surface area contributed by atoms with Crippen molar-refractivity contribution in [3.63, 3.8) is 0 Å². The first-order valence-electron chi connectivity index (χ1n) is 8.23. The minimum Gasteiger partial charge on any atom is -0.375 e. The van der Waals surface area contributed by atoms with Crippen molar-refractivity contribution < 1.29 is 14.2 Å². The molecule has 0 aromatic heterocycles. The largest absolute Gasteiger partial charge is 0.375 e. The molecule has 19 heavy (non-hydrogen) atoms. The summed E-state index contributed by atoms with van der Waals surface area (Å²) in [7, 11) is 0. The van der Waals surface area contributed by atoms with Gasteiger partial charge in [0.15, 0.2) is 0 Å². The van der Waals surface area contributed by atoms with E-state index in [9.17, 15) is 0 Å². The van der Waals surface area contributed by atoms with Crippen molar-refractivity contribution in [1.82, 2.24) is 0 Å². The summed E-state index contributed by atoms with van der Waals surface area (Å²) in [5.41, 5.74) is 0. The fraction of sp³-hybridized carbons (Fsp3) is 1.00. The zero-order valence-electron chi connectivity index (χ0n) is 12.6. The summed E-state index contributed by atoms with van der Waals surface area (Å²) < 4.78 is 17.7. The van der Waals surface area contributed by atoms with Gasteiger partial charge in [-0.05, 0) is 25.7 Å². The highest BCUT2D eigenvalue weighted by molar-refractivity contribution is 4.83. The monoisotopic (exact) mass is 270 g/mol. The zero-order chi connectivity index (χ0) is 13.5. The molecule has 2 fully saturated rings. The van der Waals surface area contributed by atoms with E-state index >= 15 is 0 Å². The van der Waals surface area contributed by atoms with E-state index in [4.69, 9.17) is 14.2 Å². The van der Waals surface area contributed by atoms with Crippen LogP contribution in [0.5, 0.6) is 0 Å². The Morgan fingerprint density at radius 3 is 1.58 bits per heavy atom. The zero-order valence-corrected chi connectivity index (χ0v) is 12.6. The van der Waals surface area contributed by atoms with Crippen LogP contribution < -0.4 is 0 Å². The normalized spacial score (nSPS) is 29.4. The van der Waals surface area contributed by atoms with Crippen molar-refractivity contribution in [2.75, 3.05) is 13.2 Å². The van der Waals surface area contributed by atoms with E-state index in [1.807, 2.05) is 0 Å². The minimum absolute atomic E-state index is 0.291. The molecule has 3 heteroatoms. The second-order valence-electron chi connectivity index (χ2n) is 5.89. The van der Waals surface area contributed by atoms with E-state index in [0.717, 1.165) is 26.1 Å². The molecule has 2 saturated heterocycles. The molecule has 0 N–H and O–H groups in total. The summed E-state index contributed by atoms with van der Waals surface area (Å²) in [6, 6.07) is 0. The van der Waals surface area contributed by atoms with Gasteiger partial charge in [-0.15, -0.1) is 0 Å². The number of hydrogen-bond donors (Lipinski definition) is 0. The standard InChI is InChI=1S/C16H30O3/c1-3-5-7-15(13-9-11-17-13)19-16(8-6-4-2)14-10-12-18-14/h13-16H,3-12H2,1-2H3. The topological polar surface area (TPSA) is 27.7 Å². The Morgan fingerprint density at radius 1 is 0.895 bits per heavy atom. The molecule has 2 rings (SSSR count). The van der Waals surface area contributed by atoms with E-state index in [1.165, 1.54) is 38.5 Å². The predicted octanol–water partition coefficient (Wildman–Crippen LogP) is 3.70. The van der Waals surface area contributed by atoms with E-state index in [1.54, 1.807) is 0 Å². The van der Waals surface area contributed by atoms with Gasteiger partial charge in [-0.3, -0.25) is 0 Å². The fourth-order valence-electron chi connectivity index (χ4n) is 2.81. The predicted molar refractivity (Wildman–Crippen MR) is 76.4 cm³/mol. The first-order valence-corrected chi connectivity index (χ1v) is 8.23. The van der Waals surface area contributed by atoms with Crippen molar-refractivity contribution in [3.8, 4) is 0 Å². The summed E-state index contributed by atoms with van der Waals surface area (Å²) in [5, 5.41) is 0. The van der Waals surface area contributed by atoms with Gasteiger partial charge in [-0.25, -0.2) is 0 Å². The molecular weight excluding hydrogens is 240 g/mol. The van der Waals surface area contributed by atoms with Crippen molar-refractivity contribution in [2.24, 2.45) is 0 Å². The number of unbranched alkanes of at least 4 members (excludes halogenated alkanes) is 2. The quantitative estimate of drug-likeness (QED) is 0.606. The van der Waals surface area contributed by atoms with Gasteiger partial charge in [0.25, 0.3) is 0 Å². The van der Waals surface area contributed by atoms with Gasteiger partial charge >= 0.3 is 0 Å². The van der Waals surface area contributed by atoms with Crippen LogP contribution in [0.2, 0.25) is 0 Å². The van der Waals surface area contributed by atoms with Crippen LogP contribution in [0.4, 0.5) is 0 Å². The average molecular weight is 270 g/mol. The maximum absolute atomic E-state index is 6.41. The Hall–Kier alpha value is -0.120. The first kappa shape index (κ1) is 15.3. The molecule has 2 aliphatic heterocycles. The summed E-state index contributed by atoms with van der Waals surface area (Å²) in [6.07, 6.45) is 10.8. The molecule has 0 bridgehead atoms. The number of rotatable bonds is 10. The van der Waals surface area contributed by atoms with Crippen LogP contribution >= 0.6 is 0 Å². The molecule has 112 valence electrons. The molecule has 3 nitrogen and oxygen atoms in total. The minimum atomic E-state index is 0.291. The van der Waals surface area contributed by atoms with Crippen molar-refractivity contribution in [1.29, 1.82) is 0 Å². The lowest BCUT2D eigenvalue weighted by Gasteiger charge is -2.40. The van der Waals surface area contributed by atoms with Crippen LogP contribution in [-0.2, 0) is 14.2 Å². The Morgan fingerprint density at radius 2 is 1.32 bits per heavy atom. The van der Waals surface area contributed by atoms with E-state index in [-0.39, 0.29) is 0 Å². The molecule has 0 saturated carbocycles. The lowest BCUT2D eigenvalue weighted by Crippen LogP contribution is -2.47. The third-order valence-electron chi connectivity index (χ3n) is 4.33. The summed E-state index contributed by atoms with van der Waals surface area (Å²) >= 11 is 0. The first-order chi connectivity index (χ1) is 9.35. The lowest BCUT2D eigenvalue weighted by molar-refractivity contribution is -0.202. The van der Waals surface area contributed by atoms with Gasteiger partial charge in [-0.2, -0.15) is 0 Å². The van der Waals surface area contributed by atoms with Crippen LogP contribution in [0.1, 0.15) is 65.2 Å². The number of ether oxygens (including phenoxy) is 3. The molecule has 4 atom stereocenters. The molecule has 0 amide bonds. The second kappa shape index (κ2) is 8.23. The van der Waals surface area contributed by atoms with E-state index in [2.05, 4.69) is 13.8 Å². The SMILES string of the molecule is CCCCC(OC(CCCC)C1CCO1)C1CCO1. The van der Waals surface area contributed by atoms with E-state index < -0.39 is 0 Å². The van der Waals surface area contributed by atoms with Gasteiger partial charge in [-0.1, -0.05) is 39.5 Å². The van der Waals surface area contributed by atoms with Crippen molar-refractivity contribution in [2.45, 2.75) is 89.6 Å². The Balaban J connectivity index is 1.82. The van der Waals surface area contributed by atoms with Crippen LogP contribution in [-0.4, -0.2) is 37.6 Å². The smallest absolute Gasteiger partial charge is 0.0858 e. The summed E-state index contributed by atoms with van der Waals surface area (Å²) in [6.45, 7) is 6.30. The Labute approximate surface area is 118 Å². The third kappa shape index (κ3) is 4.44. The Bertz CT molecular complexity index is 212. The van der Waals surface area contributed by atoms with Crippen molar-refractivity contribution >= 4 is 0 Å². The van der Waals surface area contributed by atoms with Crippen LogP contribution in [0, 0.1) is 0 Å². The van der Waals surface area contributed by atoms with Crippen LogP contribution in [0.15, 0.2) is 0 Å². The molecule has 2 aliphatic rings. The highest BCUT2D eigenvalue weighted by Crippen LogP contribution is 2.28. The fourth-order valence-corrected chi connectivity index (χ4v) is 2.81. The summed E-state index contributed by atoms with van der Waals surface area (Å²) in [4.78, 5) is 0. The summed E-state index contributed by atoms with van der Waals surface area (Å²) in [5.74, 6) is 0. The Kier molecular flexibility index (Phi) is 6.62. The lowest BCUT2D eigenvalue weighted by atomic mass is 9.98. The van der Waals surface area contributed by atoms with E-state index in [0.29, 0.717) is 24.4 Å². The van der Waals surface area contributed by atoms with Crippen LogP contribution in [0.25, 0.3) is 0 Å². The van der Waals surface area contributed by atoms with Gasteiger partial charge in [0.2, 0.25) is 0 Å². The maximum atomic E-state index is 6.41. The molecule has 0 radical (unpaired) electrons. The third-order valence-corrected chi connectivity index (χ3v) is 4.33. The molecule has 0 aliphatic carbocycles. The second-order valence-corrected chi connectivity index (χ2v) is 5.89. The van der Waals surface area contributed by atoms with Crippen molar-refractivity contribution in [3.05, 3.63) is 0 Å². The van der Waals surface area contributed by atoms with Crippen LogP contribution in [0.3, 0.4) is 0 Å². The molecule has 0 aromatic carbocycles. The molecule has 2 heterocycles. The average Bonchev–Trinajstić information content (AvgIpc) is 2.28. The molecule has 4 unspecified atom stereocenters. The highest BCUT2D eigenvalue weighted by Gasteiger charge is 2.35. The maximum Gasteiger partial charge on any atom is 0.0858 e. The molecule has 0 aromatic rings. The van der Waals surface area contributed by atoms with Gasteiger partial charge < -0.3 is 14.2 Å². The molecular formula is C16H30O3. The van der Waals surface area contributed by atoms with Gasteiger partial charge in [0, 0.05) is 13.2 Å². The van der Waals surface area contributed by atoms with Gasteiger partial charge in [0.1, 0.15) is 0 Å². The molecule has 0 spiro atoms.